The SMILES string of the molecule is CCN(CC)C(=O)c1ccc(C(=O)Nc2ccccc2C(F)(F)F)cc1. The van der Waals surface area contributed by atoms with Crippen molar-refractivity contribution in [2.75, 3.05) is 18.4 Å². The van der Waals surface area contributed by atoms with Crippen LogP contribution in [0.15, 0.2) is 48.5 Å². The van der Waals surface area contributed by atoms with Gasteiger partial charge in [-0.2, -0.15) is 13.2 Å². The highest BCUT2D eigenvalue weighted by molar-refractivity contribution is 6.05. The molecule has 2 rings (SSSR count). The molecule has 2 aromatic carbocycles. The van der Waals surface area contributed by atoms with Crippen LogP contribution in [-0.4, -0.2) is 29.8 Å². The highest BCUT2D eigenvalue weighted by Gasteiger charge is 2.33. The average Bonchev–Trinajstić information content (AvgIpc) is 2.62. The fourth-order valence-corrected chi connectivity index (χ4v) is 2.49. The van der Waals surface area contributed by atoms with Gasteiger partial charge in [-0.3, -0.25) is 9.59 Å². The Balaban J connectivity index is 2.18. The molecule has 138 valence electrons. The second-order valence-corrected chi connectivity index (χ2v) is 5.55. The van der Waals surface area contributed by atoms with E-state index >= 15 is 0 Å². The van der Waals surface area contributed by atoms with Crippen LogP contribution in [0.2, 0.25) is 0 Å². The number of anilines is 1. The summed E-state index contributed by atoms with van der Waals surface area (Å²) in [5.41, 5.74) is -0.644. The van der Waals surface area contributed by atoms with Gasteiger partial charge in [-0.25, -0.2) is 0 Å². The van der Waals surface area contributed by atoms with Crippen molar-refractivity contribution in [2.45, 2.75) is 20.0 Å². The molecule has 0 saturated carbocycles. The molecule has 0 aliphatic carbocycles. The lowest BCUT2D eigenvalue weighted by molar-refractivity contribution is -0.136. The van der Waals surface area contributed by atoms with E-state index in [2.05, 4.69) is 5.32 Å². The molecular formula is C19H19F3N2O2. The van der Waals surface area contributed by atoms with E-state index in [9.17, 15) is 22.8 Å². The number of hydrogen-bond acceptors (Lipinski definition) is 2. The van der Waals surface area contributed by atoms with Crippen LogP contribution in [0.1, 0.15) is 40.1 Å². The molecule has 0 spiro atoms. The van der Waals surface area contributed by atoms with Gasteiger partial charge in [0.2, 0.25) is 0 Å². The van der Waals surface area contributed by atoms with Crippen molar-refractivity contribution < 1.29 is 22.8 Å². The zero-order valence-electron chi connectivity index (χ0n) is 14.4. The fraction of sp³-hybridized carbons (Fsp3) is 0.263. The fourth-order valence-electron chi connectivity index (χ4n) is 2.49. The quantitative estimate of drug-likeness (QED) is 0.853. The van der Waals surface area contributed by atoms with Gasteiger partial charge in [-0.05, 0) is 50.2 Å². The van der Waals surface area contributed by atoms with Gasteiger partial charge in [0.25, 0.3) is 11.8 Å². The number of carbonyl (C=O) groups is 2. The van der Waals surface area contributed by atoms with Crippen molar-refractivity contribution in [3.63, 3.8) is 0 Å². The summed E-state index contributed by atoms with van der Waals surface area (Å²) >= 11 is 0. The van der Waals surface area contributed by atoms with E-state index in [1.165, 1.54) is 42.5 Å². The highest BCUT2D eigenvalue weighted by Crippen LogP contribution is 2.34. The molecule has 0 saturated heterocycles. The Morgan fingerprint density at radius 2 is 1.46 bits per heavy atom. The molecule has 2 amide bonds. The largest absolute Gasteiger partial charge is 0.418 e. The average molecular weight is 364 g/mol. The molecule has 0 radical (unpaired) electrons. The van der Waals surface area contributed by atoms with Crippen LogP contribution in [0.4, 0.5) is 18.9 Å². The van der Waals surface area contributed by atoms with E-state index < -0.39 is 17.6 Å². The Bertz CT molecular complexity index is 782. The van der Waals surface area contributed by atoms with Crippen molar-refractivity contribution in [3.05, 3.63) is 65.2 Å². The first kappa shape index (κ1) is 19.5. The molecule has 7 heteroatoms. The summed E-state index contributed by atoms with van der Waals surface area (Å²) < 4.78 is 39.0. The third-order valence-electron chi connectivity index (χ3n) is 3.93. The summed E-state index contributed by atoms with van der Waals surface area (Å²) in [6, 6.07) is 10.6. The predicted octanol–water partition coefficient (Wildman–Crippen LogP) is 4.44. The molecular weight excluding hydrogens is 345 g/mol. The summed E-state index contributed by atoms with van der Waals surface area (Å²) in [4.78, 5) is 26.1. The summed E-state index contributed by atoms with van der Waals surface area (Å²) in [7, 11) is 0. The number of nitrogens with one attached hydrogen (secondary N) is 1. The Kier molecular flexibility index (Phi) is 6.02. The lowest BCUT2D eigenvalue weighted by atomic mass is 10.1. The molecule has 0 bridgehead atoms. The van der Waals surface area contributed by atoms with Crippen LogP contribution in [0, 0.1) is 0 Å². The molecule has 1 N–H and O–H groups in total. The maximum absolute atomic E-state index is 13.0. The van der Waals surface area contributed by atoms with Gasteiger partial charge in [0.1, 0.15) is 0 Å². The van der Waals surface area contributed by atoms with Gasteiger partial charge < -0.3 is 10.2 Å². The van der Waals surface area contributed by atoms with E-state index in [0.29, 0.717) is 18.7 Å². The van der Waals surface area contributed by atoms with Gasteiger partial charge in [-0.15, -0.1) is 0 Å². The van der Waals surface area contributed by atoms with Gasteiger partial charge in [-0.1, -0.05) is 12.1 Å². The highest BCUT2D eigenvalue weighted by atomic mass is 19.4. The Morgan fingerprint density at radius 3 is 2.00 bits per heavy atom. The van der Waals surface area contributed by atoms with Crippen molar-refractivity contribution in [1.82, 2.24) is 4.90 Å². The van der Waals surface area contributed by atoms with Gasteiger partial charge in [0.15, 0.2) is 0 Å². The standard InChI is InChI=1S/C19H19F3N2O2/c1-3-24(4-2)18(26)14-11-9-13(10-12-14)17(25)23-16-8-6-5-7-15(16)19(20,21)22/h5-12H,3-4H2,1-2H3,(H,23,25). The molecule has 0 fully saturated rings. The Morgan fingerprint density at radius 1 is 0.923 bits per heavy atom. The third kappa shape index (κ3) is 4.41. The lowest BCUT2D eigenvalue weighted by Gasteiger charge is -2.18. The number of hydrogen-bond donors (Lipinski definition) is 1. The molecule has 0 aliphatic rings. The maximum atomic E-state index is 13.0. The topological polar surface area (TPSA) is 49.4 Å². The van der Waals surface area contributed by atoms with Crippen molar-refractivity contribution in [2.24, 2.45) is 0 Å². The van der Waals surface area contributed by atoms with Crippen molar-refractivity contribution >= 4 is 17.5 Å². The Labute approximate surface area is 149 Å². The van der Waals surface area contributed by atoms with Crippen molar-refractivity contribution in [3.8, 4) is 0 Å². The minimum absolute atomic E-state index is 0.163. The Hall–Kier alpha value is -2.83. The zero-order chi connectivity index (χ0) is 19.3. The number of nitrogens with zero attached hydrogens (tertiary/aromatic N) is 1. The number of alkyl halides is 3. The molecule has 0 aromatic heterocycles. The summed E-state index contributed by atoms with van der Waals surface area (Å²) in [5, 5.41) is 2.27. The third-order valence-corrected chi connectivity index (χ3v) is 3.93. The number of rotatable bonds is 5. The minimum atomic E-state index is -4.57. The summed E-state index contributed by atoms with van der Waals surface area (Å²) in [6.07, 6.45) is -4.57. The molecule has 0 unspecified atom stereocenters. The first-order chi connectivity index (χ1) is 12.3. The van der Waals surface area contributed by atoms with Gasteiger partial charge in [0, 0.05) is 24.2 Å². The van der Waals surface area contributed by atoms with Crippen LogP contribution in [0.25, 0.3) is 0 Å². The number of benzene rings is 2. The smallest absolute Gasteiger partial charge is 0.339 e. The van der Waals surface area contributed by atoms with E-state index in [1.54, 1.807) is 4.90 Å². The minimum Gasteiger partial charge on any atom is -0.339 e. The molecule has 26 heavy (non-hydrogen) atoms. The molecule has 4 nitrogen and oxygen atoms in total. The first-order valence-electron chi connectivity index (χ1n) is 8.14. The summed E-state index contributed by atoms with van der Waals surface area (Å²) in [5.74, 6) is -0.840. The van der Waals surface area contributed by atoms with Crippen LogP contribution in [-0.2, 0) is 6.18 Å². The normalized spacial score (nSPS) is 11.1. The first-order valence-corrected chi connectivity index (χ1v) is 8.14. The van der Waals surface area contributed by atoms with Crippen LogP contribution >= 0.6 is 0 Å². The molecule has 0 aliphatic heterocycles. The number of carbonyl (C=O) groups excluding carboxylic acids is 2. The predicted molar refractivity (Wildman–Crippen MR) is 93.1 cm³/mol. The second-order valence-electron chi connectivity index (χ2n) is 5.55. The van der Waals surface area contributed by atoms with Crippen LogP contribution < -0.4 is 5.32 Å². The second kappa shape index (κ2) is 8.03. The van der Waals surface area contributed by atoms with E-state index in [-0.39, 0.29) is 17.2 Å². The van der Waals surface area contributed by atoms with Gasteiger partial charge >= 0.3 is 6.18 Å². The monoisotopic (exact) mass is 364 g/mol. The molecule has 2 aromatic rings. The molecule has 0 heterocycles. The van der Waals surface area contributed by atoms with Crippen molar-refractivity contribution in [1.29, 1.82) is 0 Å². The number of para-hydroxylation sites is 1. The van der Waals surface area contributed by atoms with Crippen LogP contribution in [0.5, 0.6) is 0 Å². The van der Waals surface area contributed by atoms with E-state index in [0.717, 1.165) is 6.07 Å². The molecule has 0 atom stereocenters. The maximum Gasteiger partial charge on any atom is 0.418 e. The van der Waals surface area contributed by atoms with Crippen LogP contribution in [0.3, 0.4) is 0 Å². The van der Waals surface area contributed by atoms with Gasteiger partial charge in [0.05, 0.1) is 11.3 Å². The summed E-state index contributed by atoms with van der Waals surface area (Å²) in [6.45, 7) is 4.85. The van der Waals surface area contributed by atoms with E-state index in [1.807, 2.05) is 13.8 Å². The van der Waals surface area contributed by atoms with E-state index in [4.69, 9.17) is 0 Å². The number of amides is 2. The number of halogens is 3. The lowest BCUT2D eigenvalue weighted by Crippen LogP contribution is -2.30. The zero-order valence-corrected chi connectivity index (χ0v) is 14.4.